The lowest BCUT2D eigenvalue weighted by atomic mass is 10.2. The Morgan fingerprint density at radius 1 is 1.50 bits per heavy atom. The first-order chi connectivity index (χ1) is 7.70. The van der Waals surface area contributed by atoms with E-state index in [1.165, 1.54) is 0 Å². The summed E-state index contributed by atoms with van der Waals surface area (Å²) in [6.45, 7) is 4.06. The number of hydrogen-bond acceptors (Lipinski definition) is 4. The summed E-state index contributed by atoms with van der Waals surface area (Å²) in [5, 5.41) is 3.92. The molecule has 0 saturated carbocycles. The predicted octanol–water partition coefficient (Wildman–Crippen LogP) is 3.29. The van der Waals surface area contributed by atoms with E-state index in [-0.39, 0.29) is 4.83 Å². The Balaban J connectivity index is 2.31. The average molecular weight is 282 g/mol. The molecule has 0 N–H and O–H groups in total. The molecule has 0 aliphatic rings. The van der Waals surface area contributed by atoms with Crippen molar-refractivity contribution < 1.29 is 4.52 Å². The molecule has 5 heteroatoms. The van der Waals surface area contributed by atoms with Gasteiger partial charge in [-0.05, 0) is 31.0 Å². The molecule has 0 spiro atoms. The molecule has 1 atom stereocenters. The van der Waals surface area contributed by atoms with Crippen LogP contribution in [0.2, 0.25) is 0 Å². The normalized spacial score (nSPS) is 12.7. The Hall–Kier alpha value is -1.23. The molecule has 84 valence electrons. The van der Waals surface area contributed by atoms with Crippen molar-refractivity contribution in [1.82, 2.24) is 15.1 Å². The molecule has 2 rings (SSSR count). The van der Waals surface area contributed by atoms with E-state index >= 15 is 0 Å². The lowest BCUT2D eigenvalue weighted by Crippen LogP contribution is -1.89. The maximum absolute atomic E-state index is 5.16. The fraction of sp³-hybridized carbons (Fsp3) is 0.364. The molecule has 2 aromatic heterocycles. The van der Waals surface area contributed by atoms with Gasteiger partial charge in [-0.3, -0.25) is 4.98 Å². The lowest BCUT2D eigenvalue weighted by molar-refractivity contribution is 0.377. The summed E-state index contributed by atoms with van der Waals surface area (Å²) in [6, 6.07) is 3.87. The van der Waals surface area contributed by atoms with Crippen molar-refractivity contribution in [2.24, 2.45) is 0 Å². The number of rotatable bonds is 3. The van der Waals surface area contributed by atoms with Crippen molar-refractivity contribution in [1.29, 1.82) is 0 Å². The molecule has 0 radical (unpaired) electrons. The topological polar surface area (TPSA) is 51.8 Å². The molecule has 0 aliphatic heterocycles. The molecular formula is C11H12BrN3O. The standard InChI is InChI=1S/C11H12BrN3O/c1-3-8(12)11-14-10(15-16-11)9-6-7(2)4-5-13-9/h4-6,8H,3H2,1-2H3. The minimum absolute atomic E-state index is 0.110. The third kappa shape index (κ3) is 2.29. The monoisotopic (exact) mass is 281 g/mol. The van der Waals surface area contributed by atoms with Crippen LogP contribution in [0.4, 0.5) is 0 Å². The second kappa shape index (κ2) is 4.74. The van der Waals surface area contributed by atoms with Gasteiger partial charge in [-0.2, -0.15) is 4.98 Å². The molecule has 2 heterocycles. The second-order valence-electron chi connectivity index (χ2n) is 3.55. The van der Waals surface area contributed by atoms with E-state index in [1.54, 1.807) is 6.20 Å². The number of pyridine rings is 1. The highest BCUT2D eigenvalue weighted by Crippen LogP contribution is 2.26. The van der Waals surface area contributed by atoms with Crippen LogP contribution >= 0.6 is 15.9 Å². The summed E-state index contributed by atoms with van der Waals surface area (Å²) in [4.78, 5) is 8.62. The Morgan fingerprint density at radius 3 is 3.00 bits per heavy atom. The minimum Gasteiger partial charge on any atom is -0.338 e. The quantitative estimate of drug-likeness (QED) is 0.810. The van der Waals surface area contributed by atoms with E-state index in [2.05, 4.69) is 31.1 Å². The van der Waals surface area contributed by atoms with Gasteiger partial charge in [-0.1, -0.05) is 28.0 Å². The number of alkyl halides is 1. The molecule has 0 aliphatic carbocycles. The van der Waals surface area contributed by atoms with E-state index in [9.17, 15) is 0 Å². The summed E-state index contributed by atoms with van der Waals surface area (Å²) < 4.78 is 5.16. The van der Waals surface area contributed by atoms with Crippen molar-refractivity contribution in [3.05, 3.63) is 29.8 Å². The van der Waals surface area contributed by atoms with E-state index in [4.69, 9.17) is 4.52 Å². The highest BCUT2D eigenvalue weighted by molar-refractivity contribution is 9.09. The first-order valence-corrected chi connectivity index (χ1v) is 6.03. The maximum Gasteiger partial charge on any atom is 0.240 e. The second-order valence-corrected chi connectivity index (χ2v) is 4.66. The third-order valence-electron chi connectivity index (χ3n) is 2.21. The van der Waals surface area contributed by atoms with Crippen LogP contribution in [0.25, 0.3) is 11.5 Å². The summed E-state index contributed by atoms with van der Waals surface area (Å²) in [5.41, 5.74) is 1.87. The smallest absolute Gasteiger partial charge is 0.240 e. The van der Waals surface area contributed by atoms with Gasteiger partial charge in [0.25, 0.3) is 0 Å². The van der Waals surface area contributed by atoms with E-state index in [0.717, 1.165) is 17.7 Å². The average Bonchev–Trinajstić information content (AvgIpc) is 2.77. The summed E-state index contributed by atoms with van der Waals surface area (Å²) in [7, 11) is 0. The van der Waals surface area contributed by atoms with E-state index in [0.29, 0.717) is 11.7 Å². The van der Waals surface area contributed by atoms with Gasteiger partial charge in [0.15, 0.2) is 0 Å². The van der Waals surface area contributed by atoms with Gasteiger partial charge in [0.05, 0.1) is 4.83 Å². The van der Waals surface area contributed by atoms with Crippen molar-refractivity contribution in [3.8, 4) is 11.5 Å². The summed E-state index contributed by atoms with van der Waals surface area (Å²) >= 11 is 3.47. The number of nitrogens with zero attached hydrogens (tertiary/aromatic N) is 3. The predicted molar refractivity (Wildman–Crippen MR) is 64.2 cm³/mol. The SMILES string of the molecule is CCC(Br)c1nc(-c2cc(C)ccn2)no1. The van der Waals surface area contributed by atoms with Crippen molar-refractivity contribution >= 4 is 15.9 Å². The fourth-order valence-corrected chi connectivity index (χ4v) is 1.49. The van der Waals surface area contributed by atoms with Crippen LogP contribution in [0.1, 0.15) is 29.6 Å². The van der Waals surface area contributed by atoms with Crippen LogP contribution in [0.3, 0.4) is 0 Å². The van der Waals surface area contributed by atoms with Crippen LogP contribution < -0.4 is 0 Å². The molecule has 0 fully saturated rings. The van der Waals surface area contributed by atoms with Crippen LogP contribution in [0.15, 0.2) is 22.9 Å². The highest BCUT2D eigenvalue weighted by atomic mass is 79.9. The molecule has 0 amide bonds. The zero-order valence-electron chi connectivity index (χ0n) is 9.14. The summed E-state index contributed by atoms with van der Waals surface area (Å²) in [5.74, 6) is 1.14. The molecule has 0 saturated heterocycles. The molecule has 16 heavy (non-hydrogen) atoms. The molecule has 0 aromatic carbocycles. The zero-order chi connectivity index (χ0) is 11.5. The maximum atomic E-state index is 5.16. The largest absolute Gasteiger partial charge is 0.338 e. The Kier molecular flexibility index (Phi) is 3.33. The van der Waals surface area contributed by atoms with Crippen LogP contribution in [-0.2, 0) is 0 Å². The van der Waals surface area contributed by atoms with Gasteiger partial charge in [0.2, 0.25) is 11.7 Å². The third-order valence-corrected chi connectivity index (χ3v) is 3.25. The van der Waals surface area contributed by atoms with Gasteiger partial charge >= 0.3 is 0 Å². The summed E-state index contributed by atoms with van der Waals surface area (Å²) in [6.07, 6.45) is 2.65. The molecule has 2 aromatic rings. The van der Waals surface area contributed by atoms with Crippen molar-refractivity contribution in [2.45, 2.75) is 25.1 Å². The van der Waals surface area contributed by atoms with Crippen molar-refractivity contribution in [3.63, 3.8) is 0 Å². The first kappa shape index (κ1) is 11.3. The van der Waals surface area contributed by atoms with Gasteiger partial charge in [-0.15, -0.1) is 0 Å². The minimum atomic E-state index is 0.110. The van der Waals surface area contributed by atoms with Crippen LogP contribution in [-0.4, -0.2) is 15.1 Å². The van der Waals surface area contributed by atoms with E-state index in [1.807, 2.05) is 26.0 Å². The van der Waals surface area contributed by atoms with Gasteiger partial charge in [-0.25, -0.2) is 0 Å². The molecule has 0 bridgehead atoms. The van der Waals surface area contributed by atoms with E-state index < -0.39 is 0 Å². The van der Waals surface area contributed by atoms with Gasteiger partial charge in [0.1, 0.15) is 5.69 Å². The van der Waals surface area contributed by atoms with Crippen molar-refractivity contribution in [2.75, 3.05) is 0 Å². The molecule has 1 unspecified atom stereocenters. The number of aryl methyl sites for hydroxylation is 1. The van der Waals surface area contributed by atoms with Gasteiger partial charge < -0.3 is 4.52 Å². The zero-order valence-corrected chi connectivity index (χ0v) is 10.7. The van der Waals surface area contributed by atoms with Crippen LogP contribution in [0, 0.1) is 6.92 Å². The Morgan fingerprint density at radius 2 is 2.31 bits per heavy atom. The van der Waals surface area contributed by atoms with Gasteiger partial charge in [0, 0.05) is 6.20 Å². The Bertz CT molecular complexity index is 484. The fourth-order valence-electron chi connectivity index (χ4n) is 1.30. The number of hydrogen-bond donors (Lipinski definition) is 0. The first-order valence-electron chi connectivity index (χ1n) is 5.11. The number of aromatic nitrogens is 3. The Labute approximate surface area is 102 Å². The number of halogens is 1. The lowest BCUT2D eigenvalue weighted by Gasteiger charge is -1.97. The molecular weight excluding hydrogens is 270 g/mol. The van der Waals surface area contributed by atoms with Crippen LogP contribution in [0.5, 0.6) is 0 Å². The molecule has 4 nitrogen and oxygen atoms in total. The highest BCUT2D eigenvalue weighted by Gasteiger charge is 2.15.